The summed E-state index contributed by atoms with van der Waals surface area (Å²) in [5, 5.41) is 6.42. The zero-order valence-electron chi connectivity index (χ0n) is 18.3. The standard InChI is InChI=1S/C23H33N3O4S/c1-3-24-23(26-21-12-7-13-22(18-21)30-16-9-15-29-2)25-14-8-17-31(27,28)19-20-10-5-4-6-11-20/h4-7,10-13,18H,3,8-9,14-17,19H2,1-2H3,(H2,24,25,26). The van der Waals surface area contributed by atoms with Gasteiger partial charge in [-0.3, -0.25) is 4.99 Å². The molecule has 8 heteroatoms. The molecule has 0 aliphatic heterocycles. The van der Waals surface area contributed by atoms with Gasteiger partial charge in [-0.25, -0.2) is 8.42 Å². The molecule has 0 atom stereocenters. The Bertz CT molecular complexity index is 902. The summed E-state index contributed by atoms with van der Waals surface area (Å²) in [5.74, 6) is 1.55. The van der Waals surface area contributed by atoms with Crippen LogP contribution in [0.2, 0.25) is 0 Å². The number of hydrogen-bond donors (Lipinski definition) is 2. The maximum absolute atomic E-state index is 12.3. The number of anilines is 1. The second-order valence-electron chi connectivity index (χ2n) is 7.04. The predicted molar refractivity (Wildman–Crippen MR) is 127 cm³/mol. The van der Waals surface area contributed by atoms with E-state index >= 15 is 0 Å². The van der Waals surface area contributed by atoms with Gasteiger partial charge in [-0.2, -0.15) is 0 Å². The molecular formula is C23H33N3O4S. The highest BCUT2D eigenvalue weighted by Crippen LogP contribution is 2.17. The number of benzene rings is 2. The Kier molecular flexibility index (Phi) is 10.9. The molecule has 0 unspecified atom stereocenters. The summed E-state index contributed by atoms with van der Waals surface area (Å²) in [5.41, 5.74) is 1.66. The minimum atomic E-state index is -3.16. The first kappa shape index (κ1) is 24.7. The van der Waals surface area contributed by atoms with Crippen molar-refractivity contribution in [3.8, 4) is 5.75 Å². The van der Waals surface area contributed by atoms with E-state index in [-0.39, 0.29) is 11.5 Å². The van der Waals surface area contributed by atoms with E-state index in [0.717, 1.165) is 23.4 Å². The van der Waals surface area contributed by atoms with Crippen molar-refractivity contribution in [1.29, 1.82) is 0 Å². The van der Waals surface area contributed by atoms with E-state index in [9.17, 15) is 8.42 Å². The smallest absolute Gasteiger partial charge is 0.195 e. The Hall–Kier alpha value is -2.58. The van der Waals surface area contributed by atoms with E-state index in [4.69, 9.17) is 9.47 Å². The number of methoxy groups -OCH3 is 1. The van der Waals surface area contributed by atoms with Crippen molar-refractivity contribution in [2.24, 2.45) is 4.99 Å². The summed E-state index contributed by atoms with van der Waals surface area (Å²) in [6.45, 7) is 4.35. The average Bonchev–Trinajstić information content (AvgIpc) is 2.75. The number of guanidine groups is 1. The zero-order chi connectivity index (χ0) is 22.4. The number of ether oxygens (including phenoxy) is 2. The van der Waals surface area contributed by atoms with Gasteiger partial charge in [0.25, 0.3) is 0 Å². The van der Waals surface area contributed by atoms with E-state index in [1.807, 2.05) is 61.5 Å². The van der Waals surface area contributed by atoms with Crippen molar-refractivity contribution in [2.45, 2.75) is 25.5 Å². The summed E-state index contributed by atoms with van der Waals surface area (Å²) >= 11 is 0. The molecule has 2 rings (SSSR count). The lowest BCUT2D eigenvalue weighted by Gasteiger charge is -2.13. The van der Waals surface area contributed by atoms with Crippen LogP contribution < -0.4 is 15.4 Å². The summed E-state index contributed by atoms with van der Waals surface area (Å²) < 4.78 is 35.4. The van der Waals surface area contributed by atoms with Gasteiger partial charge in [0.2, 0.25) is 0 Å². The number of nitrogens with one attached hydrogen (secondary N) is 2. The molecule has 31 heavy (non-hydrogen) atoms. The fourth-order valence-electron chi connectivity index (χ4n) is 2.88. The van der Waals surface area contributed by atoms with E-state index in [0.29, 0.717) is 38.7 Å². The van der Waals surface area contributed by atoms with Crippen LogP contribution >= 0.6 is 0 Å². The molecule has 0 bridgehead atoms. The first-order valence-electron chi connectivity index (χ1n) is 10.5. The zero-order valence-corrected chi connectivity index (χ0v) is 19.2. The maximum Gasteiger partial charge on any atom is 0.195 e. The van der Waals surface area contributed by atoms with Crippen molar-refractivity contribution < 1.29 is 17.9 Å². The molecule has 0 radical (unpaired) electrons. The molecule has 170 valence electrons. The van der Waals surface area contributed by atoms with Crippen molar-refractivity contribution >= 4 is 21.5 Å². The largest absolute Gasteiger partial charge is 0.493 e. The number of sulfone groups is 1. The lowest BCUT2D eigenvalue weighted by atomic mass is 10.2. The van der Waals surface area contributed by atoms with Crippen molar-refractivity contribution in [3.63, 3.8) is 0 Å². The normalized spacial score (nSPS) is 11.9. The van der Waals surface area contributed by atoms with Gasteiger partial charge in [0, 0.05) is 45.0 Å². The van der Waals surface area contributed by atoms with Gasteiger partial charge in [-0.15, -0.1) is 0 Å². The molecule has 0 heterocycles. The second kappa shape index (κ2) is 13.7. The van der Waals surface area contributed by atoms with Gasteiger partial charge in [-0.05, 0) is 31.0 Å². The highest BCUT2D eigenvalue weighted by molar-refractivity contribution is 7.90. The van der Waals surface area contributed by atoms with Gasteiger partial charge in [0.15, 0.2) is 15.8 Å². The van der Waals surface area contributed by atoms with Crippen LogP contribution in [-0.2, 0) is 20.3 Å². The molecule has 0 spiro atoms. The molecule has 0 amide bonds. The molecule has 2 aromatic carbocycles. The summed E-state index contributed by atoms with van der Waals surface area (Å²) in [7, 11) is -1.49. The maximum atomic E-state index is 12.3. The Labute approximate surface area is 185 Å². The fraction of sp³-hybridized carbons (Fsp3) is 0.435. The summed E-state index contributed by atoms with van der Waals surface area (Å²) in [6, 6.07) is 16.9. The molecule has 0 aliphatic rings. The topological polar surface area (TPSA) is 89.0 Å². The van der Waals surface area contributed by atoms with Crippen LogP contribution in [0, 0.1) is 0 Å². The van der Waals surface area contributed by atoms with Crippen LogP contribution in [0.4, 0.5) is 5.69 Å². The third-order valence-electron chi connectivity index (χ3n) is 4.32. The number of rotatable bonds is 13. The Morgan fingerprint density at radius 3 is 2.58 bits per heavy atom. The van der Waals surface area contributed by atoms with Crippen LogP contribution in [0.1, 0.15) is 25.3 Å². The molecule has 0 aliphatic carbocycles. The molecule has 0 saturated carbocycles. The Morgan fingerprint density at radius 1 is 1.03 bits per heavy atom. The Morgan fingerprint density at radius 2 is 1.84 bits per heavy atom. The van der Waals surface area contributed by atoms with Crippen molar-refractivity contribution in [1.82, 2.24) is 5.32 Å². The van der Waals surface area contributed by atoms with Gasteiger partial charge < -0.3 is 20.1 Å². The van der Waals surface area contributed by atoms with Crippen LogP contribution in [0.25, 0.3) is 0 Å². The van der Waals surface area contributed by atoms with Gasteiger partial charge in [0.05, 0.1) is 18.1 Å². The van der Waals surface area contributed by atoms with E-state index in [1.165, 1.54) is 0 Å². The third kappa shape index (κ3) is 10.3. The Balaban J connectivity index is 1.86. The van der Waals surface area contributed by atoms with Gasteiger partial charge >= 0.3 is 0 Å². The highest BCUT2D eigenvalue weighted by Gasteiger charge is 2.11. The monoisotopic (exact) mass is 447 g/mol. The number of hydrogen-bond acceptors (Lipinski definition) is 5. The SMILES string of the molecule is CCNC(=NCCCS(=O)(=O)Cc1ccccc1)Nc1cccc(OCCCOC)c1. The van der Waals surface area contributed by atoms with Crippen LogP contribution in [0.5, 0.6) is 5.75 Å². The fourth-order valence-corrected chi connectivity index (χ4v) is 4.29. The minimum absolute atomic E-state index is 0.0625. The molecule has 7 nitrogen and oxygen atoms in total. The van der Waals surface area contributed by atoms with Gasteiger partial charge in [-0.1, -0.05) is 36.4 Å². The average molecular weight is 448 g/mol. The van der Waals surface area contributed by atoms with Crippen molar-refractivity contribution in [2.75, 3.05) is 44.5 Å². The molecule has 0 fully saturated rings. The van der Waals surface area contributed by atoms with E-state index in [1.54, 1.807) is 7.11 Å². The van der Waals surface area contributed by atoms with Crippen LogP contribution in [0.3, 0.4) is 0 Å². The van der Waals surface area contributed by atoms with Gasteiger partial charge in [0.1, 0.15) is 5.75 Å². The van der Waals surface area contributed by atoms with E-state index in [2.05, 4.69) is 15.6 Å². The lowest BCUT2D eigenvalue weighted by molar-refractivity contribution is 0.172. The van der Waals surface area contributed by atoms with E-state index < -0.39 is 9.84 Å². The quantitative estimate of drug-likeness (QED) is 0.278. The summed E-state index contributed by atoms with van der Waals surface area (Å²) in [4.78, 5) is 4.51. The first-order valence-corrected chi connectivity index (χ1v) is 12.4. The van der Waals surface area contributed by atoms with Crippen LogP contribution in [-0.4, -0.2) is 53.5 Å². The first-order chi connectivity index (χ1) is 15.0. The van der Waals surface area contributed by atoms with Crippen molar-refractivity contribution in [3.05, 3.63) is 60.2 Å². The molecule has 0 aromatic heterocycles. The minimum Gasteiger partial charge on any atom is -0.493 e. The lowest BCUT2D eigenvalue weighted by Crippen LogP contribution is -2.30. The predicted octanol–water partition coefficient (Wildman–Crippen LogP) is 3.48. The number of nitrogens with zero attached hydrogens (tertiary/aromatic N) is 1. The molecule has 2 aromatic rings. The van der Waals surface area contributed by atoms with Crippen LogP contribution in [0.15, 0.2) is 59.6 Å². The highest BCUT2D eigenvalue weighted by atomic mass is 32.2. The summed E-state index contributed by atoms with van der Waals surface area (Å²) in [6.07, 6.45) is 1.29. The second-order valence-corrected chi connectivity index (χ2v) is 9.22. The molecule has 2 N–H and O–H groups in total. The third-order valence-corrected chi connectivity index (χ3v) is 6.00. The molecule has 0 saturated heterocycles. The number of aliphatic imine (C=N–C) groups is 1. The molecular weight excluding hydrogens is 414 g/mol.